The quantitative estimate of drug-likeness (QED) is 0.363. The van der Waals surface area contributed by atoms with Gasteiger partial charge in [-0.05, 0) is 44.2 Å². The number of carbonyl (C=O) groups excluding carboxylic acids is 2. The van der Waals surface area contributed by atoms with Gasteiger partial charge in [0.05, 0.1) is 6.04 Å². The number of amides is 2. The first-order valence-electron chi connectivity index (χ1n) is 11.2. The highest BCUT2D eigenvalue weighted by molar-refractivity contribution is 5.89. The molecule has 0 aliphatic carbocycles. The Hall–Kier alpha value is -2.41. The Kier molecular flexibility index (Phi) is 11.9. The maximum absolute atomic E-state index is 12.7. The van der Waals surface area contributed by atoms with E-state index in [1.54, 1.807) is 6.20 Å². The second kappa shape index (κ2) is 13.8. The molecule has 1 aromatic rings. The standard InChI is InChI=1S/C24H41N5O2/c1-16(2)14-21(28-18(5)6)15-27-19(7)23(30)29-22(17(3)4)24(31)26-13-11-20-10-8-9-12-25-20/h8-10,12,16-17,19,21-22,27-28H,5,11,13-15H2,1-4,6-7H3,(H,26,31)(H,29,30)/t19-,21?,22?/m0/s1. The van der Waals surface area contributed by atoms with Gasteiger partial charge >= 0.3 is 0 Å². The van der Waals surface area contributed by atoms with Crippen LogP contribution in [-0.4, -0.2) is 48.0 Å². The number of pyridine rings is 1. The summed E-state index contributed by atoms with van der Waals surface area (Å²) in [7, 11) is 0. The van der Waals surface area contributed by atoms with Gasteiger partial charge < -0.3 is 21.3 Å². The van der Waals surface area contributed by atoms with E-state index in [1.807, 2.05) is 45.9 Å². The molecule has 0 aliphatic heterocycles. The van der Waals surface area contributed by atoms with E-state index >= 15 is 0 Å². The smallest absolute Gasteiger partial charge is 0.242 e. The number of aromatic nitrogens is 1. The lowest BCUT2D eigenvalue weighted by Gasteiger charge is -2.26. The average molecular weight is 432 g/mol. The van der Waals surface area contributed by atoms with Crippen LogP contribution in [0.5, 0.6) is 0 Å². The van der Waals surface area contributed by atoms with Gasteiger partial charge in [-0.25, -0.2) is 0 Å². The molecule has 0 aliphatic rings. The molecule has 3 atom stereocenters. The van der Waals surface area contributed by atoms with Crippen LogP contribution in [0.2, 0.25) is 0 Å². The Morgan fingerprint density at radius 3 is 2.32 bits per heavy atom. The zero-order valence-electron chi connectivity index (χ0n) is 20.0. The van der Waals surface area contributed by atoms with Crippen molar-refractivity contribution in [3.05, 3.63) is 42.4 Å². The topological polar surface area (TPSA) is 95.1 Å². The van der Waals surface area contributed by atoms with Crippen LogP contribution in [0.25, 0.3) is 0 Å². The predicted molar refractivity (Wildman–Crippen MR) is 126 cm³/mol. The van der Waals surface area contributed by atoms with Crippen molar-refractivity contribution in [3.63, 3.8) is 0 Å². The maximum atomic E-state index is 12.7. The first-order chi connectivity index (χ1) is 14.6. The molecule has 4 N–H and O–H groups in total. The zero-order chi connectivity index (χ0) is 23.4. The highest BCUT2D eigenvalue weighted by atomic mass is 16.2. The van der Waals surface area contributed by atoms with E-state index in [4.69, 9.17) is 0 Å². The van der Waals surface area contributed by atoms with Gasteiger partial charge in [-0.2, -0.15) is 0 Å². The Morgan fingerprint density at radius 2 is 1.77 bits per heavy atom. The molecule has 7 nitrogen and oxygen atoms in total. The summed E-state index contributed by atoms with van der Waals surface area (Å²) in [5.74, 6) is 0.151. The van der Waals surface area contributed by atoms with Gasteiger partial charge in [-0.1, -0.05) is 40.3 Å². The maximum Gasteiger partial charge on any atom is 0.242 e. The highest BCUT2D eigenvalue weighted by Gasteiger charge is 2.26. The van der Waals surface area contributed by atoms with Crippen LogP contribution >= 0.6 is 0 Å². The van der Waals surface area contributed by atoms with Crippen molar-refractivity contribution in [2.45, 2.75) is 72.5 Å². The molecule has 1 heterocycles. The van der Waals surface area contributed by atoms with Crippen LogP contribution in [-0.2, 0) is 16.0 Å². The summed E-state index contributed by atoms with van der Waals surface area (Å²) < 4.78 is 0. The predicted octanol–water partition coefficient (Wildman–Crippen LogP) is 2.40. The molecule has 174 valence electrons. The average Bonchev–Trinajstić information content (AvgIpc) is 2.69. The first-order valence-corrected chi connectivity index (χ1v) is 11.2. The monoisotopic (exact) mass is 431 g/mol. The molecule has 0 bridgehead atoms. The summed E-state index contributed by atoms with van der Waals surface area (Å²) in [6, 6.07) is 4.92. The lowest BCUT2D eigenvalue weighted by atomic mass is 10.0. The van der Waals surface area contributed by atoms with Gasteiger partial charge in [0, 0.05) is 43.1 Å². The lowest BCUT2D eigenvalue weighted by Crippen LogP contribution is -2.55. The Bertz CT molecular complexity index is 690. The Balaban J connectivity index is 2.54. The van der Waals surface area contributed by atoms with Crippen LogP contribution in [0.4, 0.5) is 0 Å². The summed E-state index contributed by atoms with van der Waals surface area (Å²) in [5.41, 5.74) is 1.83. The summed E-state index contributed by atoms with van der Waals surface area (Å²) >= 11 is 0. The van der Waals surface area contributed by atoms with E-state index in [2.05, 4.69) is 46.7 Å². The number of hydrogen-bond acceptors (Lipinski definition) is 5. The summed E-state index contributed by atoms with van der Waals surface area (Å²) in [4.78, 5) is 29.6. The van der Waals surface area contributed by atoms with Gasteiger partial charge in [-0.3, -0.25) is 14.6 Å². The van der Waals surface area contributed by atoms with Crippen molar-refractivity contribution in [2.24, 2.45) is 11.8 Å². The Morgan fingerprint density at radius 1 is 1.06 bits per heavy atom. The number of nitrogens with zero attached hydrogens (tertiary/aromatic N) is 1. The van der Waals surface area contributed by atoms with E-state index in [-0.39, 0.29) is 23.8 Å². The largest absolute Gasteiger partial charge is 0.385 e. The highest BCUT2D eigenvalue weighted by Crippen LogP contribution is 2.06. The van der Waals surface area contributed by atoms with Gasteiger partial charge in [0.1, 0.15) is 6.04 Å². The summed E-state index contributed by atoms with van der Waals surface area (Å²) in [6.45, 7) is 17.0. The molecule has 0 aromatic carbocycles. The number of nitrogens with one attached hydrogen (secondary N) is 4. The van der Waals surface area contributed by atoms with E-state index in [0.717, 1.165) is 17.8 Å². The van der Waals surface area contributed by atoms with Gasteiger partial charge in [0.25, 0.3) is 0 Å². The molecular weight excluding hydrogens is 390 g/mol. The second-order valence-electron chi connectivity index (χ2n) is 8.97. The Labute approximate surface area is 187 Å². The number of carbonyl (C=O) groups is 2. The van der Waals surface area contributed by atoms with Crippen molar-refractivity contribution in [1.82, 2.24) is 26.3 Å². The van der Waals surface area contributed by atoms with Gasteiger partial charge in [0.2, 0.25) is 11.8 Å². The van der Waals surface area contributed by atoms with Crippen LogP contribution in [0.1, 0.15) is 53.7 Å². The molecule has 0 saturated carbocycles. The van der Waals surface area contributed by atoms with Crippen LogP contribution in [0, 0.1) is 11.8 Å². The van der Waals surface area contributed by atoms with E-state index in [0.29, 0.717) is 25.4 Å². The van der Waals surface area contributed by atoms with Crippen molar-refractivity contribution in [1.29, 1.82) is 0 Å². The van der Waals surface area contributed by atoms with Crippen molar-refractivity contribution >= 4 is 11.8 Å². The van der Waals surface area contributed by atoms with Gasteiger partial charge in [-0.15, -0.1) is 0 Å². The molecule has 0 saturated heterocycles. The molecule has 2 amide bonds. The molecule has 0 fully saturated rings. The fourth-order valence-corrected chi connectivity index (χ4v) is 3.31. The molecule has 0 radical (unpaired) electrons. The molecule has 7 heteroatoms. The van der Waals surface area contributed by atoms with Crippen molar-refractivity contribution in [2.75, 3.05) is 13.1 Å². The van der Waals surface area contributed by atoms with E-state index < -0.39 is 12.1 Å². The fourth-order valence-electron chi connectivity index (χ4n) is 3.31. The number of rotatable bonds is 14. The first kappa shape index (κ1) is 26.6. The molecule has 2 unspecified atom stereocenters. The normalized spacial score (nSPS) is 14.1. The van der Waals surface area contributed by atoms with Crippen LogP contribution in [0.15, 0.2) is 36.7 Å². The summed E-state index contributed by atoms with van der Waals surface area (Å²) in [5, 5.41) is 12.5. The molecule has 1 aromatic heterocycles. The molecule has 31 heavy (non-hydrogen) atoms. The number of hydrogen-bond donors (Lipinski definition) is 4. The molecule has 1 rings (SSSR count). The second-order valence-corrected chi connectivity index (χ2v) is 8.97. The summed E-state index contributed by atoms with van der Waals surface area (Å²) in [6.07, 6.45) is 3.36. The van der Waals surface area contributed by atoms with Crippen LogP contribution in [0.3, 0.4) is 0 Å². The molecular formula is C24H41N5O2. The minimum Gasteiger partial charge on any atom is -0.385 e. The third-order valence-corrected chi connectivity index (χ3v) is 4.92. The third-order valence-electron chi connectivity index (χ3n) is 4.92. The van der Waals surface area contributed by atoms with Gasteiger partial charge in [0.15, 0.2) is 0 Å². The third kappa shape index (κ3) is 11.0. The van der Waals surface area contributed by atoms with Crippen molar-refractivity contribution in [3.8, 4) is 0 Å². The van der Waals surface area contributed by atoms with Crippen molar-refractivity contribution < 1.29 is 9.59 Å². The van der Waals surface area contributed by atoms with E-state index in [9.17, 15) is 9.59 Å². The zero-order valence-corrected chi connectivity index (χ0v) is 20.0. The lowest BCUT2D eigenvalue weighted by molar-refractivity contribution is -0.130. The minimum absolute atomic E-state index is 0.0234. The van der Waals surface area contributed by atoms with Crippen LogP contribution < -0.4 is 21.3 Å². The van der Waals surface area contributed by atoms with E-state index in [1.165, 1.54) is 0 Å². The minimum atomic E-state index is -0.583. The SMILES string of the molecule is C=C(C)NC(CN[C@@H](C)C(=O)NC(C(=O)NCCc1ccccn1)C(C)C)CC(C)C. The number of allylic oxidation sites excluding steroid dienone is 1. The fraction of sp³-hybridized carbons (Fsp3) is 0.625. The molecule has 0 spiro atoms.